The Labute approximate surface area is 111 Å². The number of hydrogen-bond donors (Lipinski definition) is 0. The number of benzene rings is 1. The third-order valence-corrected chi connectivity index (χ3v) is 8.63. The number of rotatable bonds is 2. The highest BCUT2D eigenvalue weighted by Crippen LogP contribution is 2.43. The molecule has 0 aliphatic carbocycles. The molecule has 0 aromatic heterocycles. The molecule has 1 heterocycles. The van der Waals surface area contributed by atoms with Crippen LogP contribution in [0.5, 0.6) is 5.75 Å². The van der Waals surface area contributed by atoms with E-state index in [-0.39, 0.29) is 11.1 Å². The molecule has 2 nitrogen and oxygen atoms in total. The molecule has 3 heteroatoms. The van der Waals surface area contributed by atoms with Crippen molar-refractivity contribution in [1.29, 1.82) is 0 Å². The minimum absolute atomic E-state index is 0.204. The van der Waals surface area contributed by atoms with Gasteiger partial charge in [0.1, 0.15) is 5.75 Å². The fourth-order valence-electron chi connectivity index (χ4n) is 1.96. The highest BCUT2D eigenvalue weighted by molar-refractivity contribution is 6.74. The molecule has 0 radical (unpaired) electrons. The zero-order chi connectivity index (χ0) is 13.4. The Morgan fingerprint density at radius 3 is 2.56 bits per heavy atom. The molecule has 1 atom stereocenters. The first-order valence-electron chi connectivity index (χ1n) is 6.71. The summed E-state index contributed by atoms with van der Waals surface area (Å²) in [4.78, 5) is 0. The lowest BCUT2D eigenvalue weighted by molar-refractivity contribution is 0.122. The number of para-hydroxylation sites is 1. The van der Waals surface area contributed by atoms with Gasteiger partial charge in [0, 0.05) is 12.0 Å². The first-order chi connectivity index (χ1) is 8.31. The van der Waals surface area contributed by atoms with Crippen molar-refractivity contribution in [3.63, 3.8) is 0 Å². The summed E-state index contributed by atoms with van der Waals surface area (Å²) in [5.74, 6) is 0.993. The molecule has 2 rings (SSSR count). The van der Waals surface area contributed by atoms with Gasteiger partial charge in [-0.15, -0.1) is 0 Å². The van der Waals surface area contributed by atoms with E-state index in [4.69, 9.17) is 9.16 Å². The molecular weight excluding hydrogens is 240 g/mol. The van der Waals surface area contributed by atoms with Crippen LogP contribution >= 0.6 is 0 Å². The quantitative estimate of drug-likeness (QED) is 0.731. The summed E-state index contributed by atoms with van der Waals surface area (Å²) in [6, 6.07) is 8.26. The summed E-state index contributed by atoms with van der Waals surface area (Å²) < 4.78 is 12.2. The van der Waals surface area contributed by atoms with Crippen LogP contribution in [0.25, 0.3) is 0 Å². The van der Waals surface area contributed by atoms with Gasteiger partial charge in [0.05, 0.1) is 12.7 Å². The van der Waals surface area contributed by atoms with Crippen molar-refractivity contribution in [2.45, 2.75) is 51.4 Å². The average molecular weight is 264 g/mol. The average Bonchev–Trinajstić information content (AvgIpc) is 2.27. The molecule has 0 N–H and O–H groups in total. The van der Waals surface area contributed by atoms with E-state index in [1.54, 1.807) is 0 Å². The summed E-state index contributed by atoms with van der Waals surface area (Å²) >= 11 is 0. The van der Waals surface area contributed by atoms with E-state index in [1.807, 2.05) is 12.1 Å². The molecule has 1 aliphatic heterocycles. The first-order valence-corrected chi connectivity index (χ1v) is 9.62. The van der Waals surface area contributed by atoms with Gasteiger partial charge in [-0.3, -0.25) is 0 Å². The van der Waals surface area contributed by atoms with E-state index in [2.05, 4.69) is 46.0 Å². The Kier molecular flexibility index (Phi) is 3.56. The van der Waals surface area contributed by atoms with Gasteiger partial charge < -0.3 is 9.16 Å². The van der Waals surface area contributed by atoms with Gasteiger partial charge in [-0.2, -0.15) is 0 Å². The van der Waals surface area contributed by atoms with Crippen molar-refractivity contribution in [3.05, 3.63) is 29.8 Å². The minimum Gasteiger partial charge on any atom is -0.493 e. The maximum absolute atomic E-state index is 6.53. The Hall–Kier alpha value is -0.803. The summed E-state index contributed by atoms with van der Waals surface area (Å²) in [6.07, 6.45) is 1.17. The van der Waals surface area contributed by atoms with Gasteiger partial charge in [0.15, 0.2) is 8.32 Å². The standard InChI is InChI=1S/C15H24O2Si/c1-15(2,3)18(4,5)17-14-10-11-16-13-9-7-6-8-12(13)14/h6-9,14H,10-11H2,1-5H3/t14-/m1/s1. The minimum atomic E-state index is -1.72. The molecule has 100 valence electrons. The lowest BCUT2D eigenvalue weighted by Crippen LogP contribution is -2.42. The molecular formula is C15H24O2Si. The van der Waals surface area contributed by atoms with Gasteiger partial charge in [-0.05, 0) is 24.2 Å². The van der Waals surface area contributed by atoms with Crippen molar-refractivity contribution < 1.29 is 9.16 Å². The lowest BCUT2D eigenvalue weighted by atomic mass is 10.0. The fourth-order valence-corrected chi connectivity index (χ4v) is 3.27. The molecule has 0 spiro atoms. The van der Waals surface area contributed by atoms with Gasteiger partial charge in [0.25, 0.3) is 0 Å². The van der Waals surface area contributed by atoms with Crippen molar-refractivity contribution in [1.82, 2.24) is 0 Å². The number of hydrogen-bond acceptors (Lipinski definition) is 2. The van der Waals surface area contributed by atoms with Crippen molar-refractivity contribution in [3.8, 4) is 5.75 Å². The van der Waals surface area contributed by atoms with Crippen molar-refractivity contribution in [2.75, 3.05) is 6.61 Å². The van der Waals surface area contributed by atoms with E-state index in [0.29, 0.717) is 0 Å². The smallest absolute Gasteiger partial charge is 0.192 e. The van der Waals surface area contributed by atoms with Crippen LogP contribution in [-0.2, 0) is 4.43 Å². The summed E-state index contributed by atoms with van der Waals surface area (Å²) in [6.45, 7) is 12.2. The van der Waals surface area contributed by atoms with Crippen LogP contribution in [-0.4, -0.2) is 14.9 Å². The van der Waals surface area contributed by atoms with Crippen LogP contribution in [0.3, 0.4) is 0 Å². The number of ether oxygens (including phenoxy) is 1. The summed E-state index contributed by atoms with van der Waals surface area (Å²) in [5.41, 5.74) is 1.22. The van der Waals surface area contributed by atoms with Gasteiger partial charge in [0.2, 0.25) is 0 Å². The Balaban J connectivity index is 2.22. The molecule has 1 aliphatic rings. The van der Waals surface area contributed by atoms with Gasteiger partial charge >= 0.3 is 0 Å². The topological polar surface area (TPSA) is 18.5 Å². The maximum atomic E-state index is 6.53. The molecule has 0 bridgehead atoms. The second-order valence-corrected chi connectivity index (χ2v) is 11.3. The SMILES string of the molecule is CC(C)(C)[Si](C)(C)O[C@@H]1CCOc2ccccc21. The van der Waals surface area contributed by atoms with Gasteiger partial charge in [-0.25, -0.2) is 0 Å². The lowest BCUT2D eigenvalue weighted by Gasteiger charge is -2.40. The van der Waals surface area contributed by atoms with Crippen LogP contribution in [0.1, 0.15) is 38.9 Å². The largest absolute Gasteiger partial charge is 0.493 e. The second kappa shape index (κ2) is 4.70. The van der Waals surface area contributed by atoms with E-state index in [9.17, 15) is 0 Å². The Bertz CT molecular complexity index is 421. The predicted octanol–water partition coefficient (Wildman–Crippen LogP) is 4.53. The van der Waals surface area contributed by atoms with E-state index in [0.717, 1.165) is 18.8 Å². The normalized spacial score (nSPS) is 20.2. The van der Waals surface area contributed by atoms with Crippen LogP contribution < -0.4 is 4.74 Å². The molecule has 18 heavy (non-hydrogen) atoms. The van der Waals surface area contributed by atoms with Gasteiger partial charge in [-0.1, -0.05) is 39.0 Å². The summed E-state index contributed by atoms with van der Waals surface area (Å²) in [7, 11) is -1.72. The summed E-state index contributed by atoms with van der Waals surface area (Å²) in [5, 5.41) is 0.250. The molecule has 0 saturated heterocycles. The fraction of sp³-hybridized carbons (Fsp3) is 0.600. The monoisotopic (exact) mass is 264 g/mol. The highest BCUT2D eigenvalue weighted by Gasteiger charge is 2.40. The molecule has 0 amide bonds. The predicted molar refractivity (Wildman–Crippen MR) is 77.6 cm³/mol. The molecule has 0 saturated carbocycles. The Morgan fingerprint density at radius 1 is 1.22 bits per heavy atom. The number of fused-ring (bicyclic) bond motifs is 1. The van der Waals surface area contributed by atoms with Crippen molar-refractivity contribution in [2.24, 2.45) is 0 Å². The van der Waals surface area contributed by atoms with Crippen LogP contribution in [0.4, 0.5) is 0 Å². The van der Waals surface area contributed by atoms with Crippen LogP contribution in [0, 0.1) is 0 Å². The zero-order valence-corrected chi connectivity index (χ0v) is 13.1. The van der Waals surface area contributed by atoms with E-state index < -0.39 is 8.32 Å². The van der Waals surface area contributed by atoms with Crippen molar-refractivity contribution >= 4 is 8.32 Å². The third kappa shape index (κ3) is 2.62. The molecule has 1 aromatic carbocycles. The van der Waals surface area contributed by atoms with Crippen LogP contribution in [0.2, 0.25) is 18.1 Å². The second-order valence-electron chi connectivity index (χ2n) is 6.54. The van der Waals surface area contributed by atoms with E-state index in [1.165, 1.54) is 5.56 Å². The highest BCUT2D eigenvalue weighted by atomic mass is 28.4. The Morgan fingerprint density at radius 2 is 1.89 bits per heavy atom. The van der Waals surface area contributed by atoms with E-state index >= 15 is 0 Å². The third-order valence-electron chi connectivity index (χ3n) is 4.15. The first kappa shape index (κ1) is 13.6. The molecule has 0 fully saturated rings. The zero-order valence-electron chi connectivity index (χ0n) is 12.1. The molecule has 1 aromatic rings. The van der Waals surface area contributed by atoms with Crippen LogP contribution in [0.15, 0.2) is 24.3 Å². The molecule has 0 unspecified atom stereocenters. The maximum Gasteiger partial charge on any atom is 0.192 e.